The van der Waals surface area contributed by atoms with Crippen LogP contribution in [-0.2, 0) is 9.47 Å². The van der Waals surface area contributed by atoms with Crippen LogP contribution in [0.25, 0.3) is 0 Å². The van der Waals surface area contributed by atoms with Crippen molar-refractivity contribution in [1.29, 1.82) is 0 Å². The molecule has 0 saturated heterocycles. The van der Waals surface area contributed by atoms with Crippen LogP contribution < -0.4 is 28.3 Å². The van der Waals surface area contributed by atoms with Gasteiger partial charge in [0.05, 0.1) is 0 Å². The molecule has 0 unspecified atom stereocenters. The van der Waals surface area contributed by atoms with Crippen molar-refractivity contribution in [3.8, 4) is 11.5 Å². The van der Waals surface area contributed by atoms with Crippen molar-refractivity contribution in [3.63, 3.8) is 0 Å². The fourth-order valence-electron chi connectivity index (χ4n) is 1.08. The summed E-state index contributed by atoms with van der Waals surface area (Å²) < 4.78 is 20.1. The Hall–Kier alpha value is -0.0826. The van der Waals surface area contributed by atoms with Crippen LogP contribution in [0.5, 0.6) is 11.5 Å². The number of halogens is 2. The Bertz CT molecular complexity index is 356. The van der Waals surface area contributed by atoms with Gasteiger partial charge in [0.15, 0.2) is 13.6 Å². The molecule has 1 aromatic carbocycles. The molecule has 96 valence electrons. The minimum Gasteiger partial charge on any atom is -0.492 e. The van der Waals surface area contributed by atoms with Crippen LogP contribution in [-0.4, -0.2) is 27.8 Å². The van der Waals surface area contributed by atoms with Gasteiger partial charge in [-0.05, 0) is 10.0 Å². The fourth-order valence-corrected chi connectivity index (χ4v) is 1.53. The zero-order valence-electron chi connectivity index (χ0n) is 10.8. The maximum Gasteiger partial charge on any atom is 1.00 e. The summed E-state index contributed by atoms with van der Waals surface area (Å²) >= 11 is 12.1. The van der Waals surface area contributed by atoms with E-state index in [2.05, 4.69) is 6.07 Å². The van der Waals surface area contributed by atoms with E-state index in [1.165, 1.54) is 14.2 Å². The van der Waals surface area contributed by atoms with E-state index in [0.717, 1.165) is 0 Å². The van der Waals surface area contributed by atoms with Crippen LogP contribution in [0.15, 0.2) is 0 Å². The summed E-state index contributed by atoms with van der Waals surface area (Å²) in [6.45, 7) is 1.90. The first-order valence-electron chi connectivity index (χ1n) is 4.76. The SMILES string of the molecule is COCOc1[c-]c(OCOC)c(Cl)c(C)c1Cl.[Li+]. The average Bonchev–Trinajstić information content (AvgIpc) is 2.34. The number of rotatable bonds is 6. The minimum atomic E-state index is 0. The molecule has 0 heterocycles. The van der Waals surface area contributed by atoms with Crippen LogP contribution in [0.4, 0.5) is 0 Å². The summed E-state index contributed by atoms with van der Waals surface area (Å²) in [5, 5.41) is 0.772. The second kappa shape index (κ2) is 8.92. The van der Waals surface area contributed by atoms with E-state index in [-0.39, 0.29) is 32.4 Å². The summed E-state index contributed by atoms with van der Waals surface area (Å²) in [5.41, 5.74) is 0.657. The molecule has 0 radical (unpaired) electrons. The van der Waals surface area contributed by atoms with E-state index in [4.69, 9.17) is 42.1 Å². The molecule has 0 aliphatic rings. The third-order valence-electron chi connectivity index (χ3n) is 1.93. The molecule has 7 heteroatoms. The van der Waals surface area contributed by atoms with Crippen LogP contribution in [0.2, 0.25) is 10.0 Å². The smallest absolute Gasteiger partial charge is 0.492 e. The molecule has 0 aliphatic heterocycles. The van der Waals surface area contributed by atoms with E-state index < -0.39 is 0 Å². The molecule has 0 bridgehead atoms. The summed E-state index contributed by atoms with van der Waals surface area (Å²) in [5.74, 6) is 0.669. The first-order chi connectivity index (χ1) is 8.11. The molecule has 0 spiro atoms. The number of benzene rings is 1. The Morgan fingerprint density at radius 2 is 1.33 bits per heavy atom. The second-order valence-electron chi connectivity index (χ2n) is 3.14. The summed E-state index contributed by atoms with van der Waals surface area (Å²) in [7, 11) is 3.03. The van der Waals surface area contributed by atoms with Gasteiger partial charge in [0.2, 0.25) is 0 Å². The van der Waals surface area contributed by atoms with E-state index >= 15 is 0 Å². The van der Waals surface area contributed by atoms with Crippen molar-refractivity contribution in [1.82, 2.24) is 0 Å². The Balaban J connectivity index is 0.00000289. The van der Waals surface area contributed by atoms with Gasteiger partial charge in [-0.25, -0.2) is 0 Å². The monoisotopic (exact) mass is 286 g/mol. The van der Waals surface area contributed by atoms with Gasteiger partial charge in [0.1, 0.15) is 0 Å². The number of methoxy groups -OCH3 is 2. The van der Waals surface area contributed by atoms with Crippen LogP contribution in [0.1, 0.15) is 5.56 Å². The minimum absolute atomic E-state index is 0. The third-order valence-corrected chi connectivity index (χ3v) is 2.84. The van der Waals surface area contributed by atoms with Crippen molar-refractivity contribution in [2.24, 2.45) is 0 Å². The van der Waals surface area contributed by atoms with Gasteiger partial charge in [0.25, 0.3) is 0 Å². The third kappa shape index (κ3) is 4.54. The molecule has 0 aromatic heterocycles. The summed E-state index contributed by atoms with van der Waals surface area (Å²) in [6, 6.07) is 2.82. The van der Waals surface area contributed by atoms with Gasteiger partial charge in [-0.15, -0.1) is 5.56 Å². The molecule has 18 heavy (non-hydrogen) atoms. The maximum absolute atomic E-state index is 6.06. The average molecular weight is 287 g/mol. The first-order valence-corrected chi connectivity index (χ1v) is 5.51. The van der Waals surface area contributed by atoms with Crippen molar-refractivity contribution in [2.45, 2.75) is 6.92 Å². The predicted octanol–water partition coefficient (Wildman–Crippen LogP) is 0.0714. The largest absolute Gasteiger partial charge is 1.00 e. The predicted molar refractivity (Wildman–Crippen MR) is 65.0 cm³/mol. The maximum atomic E-state index is 6.06. The summed E-state index contributed by atoms with van der Waals surface area (Å²) in [6.07, 6.45) is 0. The van der Waals surface area contributed by atoms with Gasteiger partial charge < -0.3 is 18.9 Å². The molecule has 0 amide bonds. The van der Waals surface area contributed by atoms with Crippen LogP contribution >= 0.6 is 23.2 Å². The molecule has 0 saturated carbocycles. The topological polar surface area (TPSA) is 36.9 Å². The zero-order chi connectivity index (χ0) is 12.8. The molecular weight excluding hydrogens is 274 g/mol. The Morgan fingerprint density at radius 1 is 0.944 bits per heavy atom. The number of hydrogen-bond donors (Lipinski definition) is 0. The molecule has 1 aromatic rings. The van der Waals surface area contributed by atoms with Crippen molar-refractivity contribution in [2.75, 3.05) is 27.8 Å². The summed E-state index contributed by atoms with van der Waals surface area (Å²) in [4.78, 5) is 0. The van der Waals surface area contributed by atoms with Crippen molar-refractivity contribution in [3.05, 3.63) is 21.7 Å². The molecule has 4 nitrogen and oxygen atoms in total. The number of hydrogen-bond acceptors (Lipinski definition) is 4. The van der Waals surface area contributed by atoms with Gasteiger partial charge >= 0.3 is 18.9 Å². The van der Waals surface area contributed by atoms with Crippen molar-refractivity contribution < 1.29 is 37.8 Å². The van der Waals surface area contributed by atoms with E-state index in [0.29, 0.717) is 27.1 Å². The van der Waals surface area contributed by atoms with Gasteiger partial charge in [-0.3, -0.25) is 0 Å². The normalized spacial score (nSPS) is 9.83. The van der Waals surface area contributed by atoms with E-state index in [1.54, 1.807) is 6.92 Å². The van der Waals surface area contributed by atoms with Crippen molar-refractivity contribution >= 4 is 23.2 Å². The first kappa shape index (κ1) is 17.9. The van der Waals surface area contributed by atoms with E-state index in [9.17, 15) is 0 Å². The second-order valence-corrected chi connectivity index (χ2v) is 3.89. The van der Waals surface area contributed by atoms with Gasteiger partial charge in [-0.2, -0.15) is 23.2 Å². The Kier molecular flexibility index (Phi) is 8.88. The van der Waals surface area contributed by atoms with Crippen LogP contribution in [0, 0.1) is 13.0 Å². The molecule has 0 aliphatic carbocycles. The number of ether oxygens (including phenoxy) is 4. The van der Waals surface area contributed by atoms with Gasteiger partial charge in [-0.1, -0.05) is 13.0 Å². The van der Waals surface area contributed by atoms with E-state index in [1.807, 2.05) is 0 Å². The molecule has 0 N–H and O–H groups in total. The zero-order valence-corrected chi connectivity index (χ0v) is 12.3. The molecule has 0 atom stereocenters. The Labute approximate surface area is 129 Å². The molecular formula is C11H13Cl2LiO4. The fraction of sp³-hybridized carbons (Fsp3) is 0.455. The molecule has 0 fully saturated rings. The van der Waals surface area contributed by atoms with Crippen LogP contribution in [0.3, 0.4) is 0 Å². The molecule has 1 rings (SSSR count). The Morgan fingerprint density at radius 3 is 1.67 bits per heavy atom. The van der Waals surface area contributed by atoms with Gasteiger partial charge in [0, 0.05) is 25.7 Å². The standard InChI is InChI=1S/C11H13Cl2O4.Li/c1-7-10(12)8(16-5-14-2)4-9(11(7)13)17-6-15-3;/h5-6H2,1-3H3;/q-1;+1. The quantitative estimate of drug-likeness (QED) is 0.421.